The summed E-state index contributed by atoms with van der Waals surface area (Å²) in [5.41, 5.74) is 6.91. The number of anilines is 1. The van der Waals surface area contributed by atoms with E-state index in [0.717, 1.165) is 31.6 Å². The third-order valence-corrected chi connectivity index (χ3v) is 3.36. The lowest BCUT2D eigenvalue weighted by atomic mass is 10.1. The molecule has 2 rings (SSSR count). The van der Waals surface area contributed by atoms with Crippen LogP contribution in [0.15, 0.2) is 18.3 Å². The molecule has 0 bridgehead atoms. The summed E-state index contributed by atoms with van der Waals surface area (Å²) in [6.45, 7) is 1.75. The number of aromatic nitrogens is 1. The summed E-state index contributed by atoms with van der Waals surface area (Å²) in [5, 5.41) is 8.89. The van der Waals surface area contributed by atoms with E-state index in [1.54, 1.807) is 18.3 Å². The molecule has 0 radical (unpaired) electrons. The van der Waals surface area contributed by atoms with Crippen molar-refractivity contribution in [2.45, 2.75) is 19.3 Å². The van der Waals surface area contributed by atoms with Gasteiger partial charge in [0.15, 0.2) is 0 Å². The molecule has 1 atom stereocenters. The molecular weight excluding hydrogens is 230 g/mol. The number of nitrogens with two attached hydrogens (primary N) is 1. The maximum atomic E-state index is 12.0. The third-order valence-electron chi connectivity index (χ3n) is 3.36. The number of aliphatic hydroxyl groups is 1. The zero-order chi connectivity index (χ0) is 13.0. The van der Waals surface area contributed by atoms with Gasteiger partial charge in [-0.15, -0.1) is 0 Å². The lowest BCUT2D eigenvalue weighted by molar-refractivity contribution is -0.129. The Hall–Kier alpha value is -1.62. The quantitative estimate of drug-likeness (QED) is 0.811. The highest BCUT2D eigenvalue weighted by molar-refractivity contribution is 5.78. The minimum atomic E-state index is 0.104. The average molecular weight is 249 g/mol. The fourth-order valence-corrected chi connectivity index (χ4v) is 2.28. The Morgan fingerprint density at radius 3 is 3.06 bits per heavy atom. The van der Waals surface area contributed by atoms with Crippen LogP contribution >= 0.6 is 0 Å². The second kappa shape index (κ2) is 5.82. The van der Waals surface area contributed by atoms with Gasteiger partial charge in [0.05, 0.1) is 18.3 Å². The van der Waals surface area contributed by atoms with Crippen LogP contribution in [0.1, 0.15) is 18.5 Å². The smallest absolute Gasteiger partial charge is 0.228 e. The van der Waals surface area contributed by atoms with Gasteiger partial charge >= 0.3 is 0 Å². The van der Waals surface area contributed by atoms with Crippen molar-refractivity contribution < 1.29 is 9.90 Å². The molecule has 2 heterocycles. The minimum absolute atomic E-state index is 0.104. The first-order chi connectivity index (χ1) is 8.69. The largest absolute Gasteiger partial charge is 0.397 e. The lowest BCUT2D eigenvalue weighted by Gasteiger charge is -2.16. The molecule has 1 aromatic rings. The van der Waals surface area contributed by atoms with E-state index in [0.29, 0.717) is 18.0 Å². The number of likely N-dealkylation sites (tertiary alicyclic amines) is 1. The van der Waals surface area contributed by atoms with Gasteiger partial charge in [-0.3, -0.25) is 9.78 Å². The number of carbonyl (C=O) groups is 1. The predicted molar refractivity (Wildman–Crippen MR) is 68.7 cm³/mol. The number of pyridine rings is 1. The van der Waals surface area contributed by atoms with Crippen molar-refractivity contribution in [1.82, 2.24) is 9.88 Å². The third kappa shape index (κ3) is 3.20. The number of carbonyl (C=O) groups excluding carboxylic acids is 1. The van der Waals surface area contributed by atoms with Crippen molar-refractivity contribution in [3.8, 4) is 0 Å². The number of hydrogen-bond donors (Lipinski definition) is 2. The molecule has 98 valence electrons. The average Bonchev–Trinajstić information content (AvgIpc) is 2.81. The molecule has 1 aliphatic heterocycles. The maximum Gasteiger partial charge on any atom is 0.228 e. The summed E-state index contributed by atoms with van der Waals surface area (Å²) in [5.74, 6) is 0.547. The topological polar surface area (TPSA) is 79.5 Å². The minimum Gasteiger partial charge on any atom is -0.397 e. The molecule has 1 saturated heterocycles. The van der Waals surface area contributed by atoms with Gasteiger partial charge in [0.1, 0.15) is 0 Å². The van der Waals surface area contributed by atoms with E-state index in [2.05, 4.69) is 4.98 Å². The molecule has 1 aliphatic rings. The predicted octanol–water partition coefficient (Wildman–Crippen LogP) is 0.437. The molecule has 5 nitrogen and oxygen atoms in total. The first-order valence-electron chi connectivity index (χ1n) is 6.28. The maximum absolute atomic E-state index is 12.0. The molecule has 3 N–H and O–H groups in total. The molecule has 1 aromatic heterocycles. The molecule has 1 amide bonds. The molecule has 0 aromatic carbocycles. The zero-order valence-corrected chi connectivity index (χ0v) is 10.4. The number of aliphatic hydroxyl groups excluding tert-OH is 1. The van der Waals surface area contributed by atoms with E-state index in [4.69, 9.17) is 10.8 Å². The van der Waals surface area contributed by atoms with E-state index in [1.165, 1.54) is 0 Å². The number of nitrogen functional groups attached to an aromatic ring is 1. The van der Waals surface area contributed by atoms with Crippen LogP contribution in [-0.2, 0) is 11.2 Å². The fourth-order valence-electron chi connectivity index (χ4n) is 2.28. The van der Waals surface area contributed by atoms with Crippen LogP contribution < -0.4 is 5.73 Å². The monoisotopic (exact) mass is 249 g/mol. The van der Waals surface area contributed by atoms with Crippen molar-refractivity contribution in [2.24, 2.45) is 5.92 Å². The van der Waals surface area contributed by atoms with Crippen molar-refractivity contribution in [3.05, 3.63) is 24.0 Å². The molecule has 1 fully saturated rings. The van der Waals surface area contributed by atoms with E-state index in [-0.39, 0.29) is 12.5 Å². The van der Waals surface area contributed by atoms with Crippen molar-refractivity contribution >= 4 is 11.6 Å². The Kier molecular flexibility index (Phi) is 4.15. The Morgan fingerprint density at radius 1 is 1.56 bits per heavy atom. The molecule has 0 spiro atoms. The van der Waals surface area contributed by atoms with Gasteiger partial charge in [-0.1, -0.05) is 0 Å². The van der Waals surface area contributed by atoms with Crippen LogP contribution in [0.25, 0.3) is 0 Å². The van der Waals surface area contributed by atoms with Gasteiger partial charge in [0.2, 0.25) is 5.91 Å². The van der Waals surface area contributed by atoms with Crippen LogP contribution in [-0.4, -0.2) is 40.6 Å². The fraction of sp³-hybridized carbons (Fsp3) is 0.538. The molecule has 1 unspecified atom stereocenters. The summed E-state index contributed by atoms with van der Waals surface area (Å²) in [6.07, 6.45) is 3.67. The second-order valence-corrected chi connectivity index (χ2v) is 4.77. The highest BCUT2D eigenvalue weighted by Crippen LogP contribution is 2.19. The number of amides is 1. The number of nitrogens with zero attached hydrogens (tertiary/aromatic N) is 2. The molecule has 0 saturated carbocycles. The zero-order valence-electron chi connectivity index (χ0n) is 10.4. The molecule has 0 aliphatic carbocycles. The van der Waals surface area contributed by atoms with E-state index in [9.17, 15) is 4.79 Å². The summed E-state index contributed by atoms with van der Waals surface area (Å²) in [7, 11) is 0. The lowest BCUT2D eigenvalue weighted by Crippen LogP contribution is -2.30. The summed E-state index contributed by atoms with van der Waals surface area (Å²) >= 11 is 0. The second-order valence-electron chi connectivity index (χ2n) is 4.77. The van der Waals surface area contributed by atoms with E-state index >= 15 is 0 Å². The molecule has 18 heavy (non-hydrogen) atoms. The normalized spacial score (nSPS) is 19.2. The van der Waals surface area contributed by atoms with Gasteiger partial charge in [-0.25, -0.2) is 0 Å². The van der Waals surface area contributed by atoms with Crippen LogP contribution in [0.2, 0.25) is 0 Å². The Morgan fingerprint density at radius 2 is 2.39 bits per heavy atom. The van der Waals surface area contributed by atoms with E-state index in [1.807, 2.05) is 4.90 Å². The van der Waals surface area contributed by atoms with Crippen molar-refractivity contribution in [2.75, 3.05) is 25.4 Å². The van der Waals surface area contributed by atoms with Crippen molar-refractivity contribution in [1.29, 1.82) is 0 Å². The Balaban J connectivity index is 1.87. The molecular formula is C13H19N3O2. The van der Waals surface area contributed by atoms with Gasteiger partial charge < -0.3 is 15.7 Å². The first kappa shape index (κ1) is 12.8. The summed E-state index contributed by atoms with van der Waals surface area (Å²) < 4.78 is 0. The van der Waals surface area contributed by atoms with Crippen molar-refractivity contribution in [3.63, 3.8) is 0 Å². The Bertz CT molecular complexity index is 405. The van der Waals surface area contributed by atoms with Crippen LogP contribution in [0.4, 0.5) is 5.69 Å². The number of rotatable bonds is 4. The molecule has 5 heteroatoms. The summed E-state index contributed by atoms with van der Waals surface area (Å²) in [4.78, 5) is 18.0. The SMILES string of the molecule is Nc1ccc(CC(=O)N2CCC(CCO)C2)nc1. The highest BCUT2D eigenvalue weighted by Gasteiger charge is 2.25. The first-order valence-corrected chi connectivity index (χ1v) is 6.28. The summed E-state index contributed by atoms with van der Waals surface area (Å²) in [6, 6.07) is 3.54. The van der Waals surface area contributed by atoms with Gasteiger partial charge in [-0.2, -0.15) is 0 Å². The Labute approximate surface area is 107 Å². The van der Waals surface area contributed by atoms with Crippen LogP contribution in [0, 0.1) is 5.92 Å². The van der Waals surface area contributed by atoms with Gasteiger partial charge in [-0.05, 0) is 30.9 Å². The van der Waals surface area contributed by atoms with Crippen LogP contribution in [0.5, 0.6) is 0 Å². The van der Waals surface area contributed by atoms with Gasteiger partial charge in [0, 0.05) is 25.4 Å². The van der Waals surface area contributed by atoms with Gasteiger partial charge in [0.25, 0.3) is 0 Å². The highest BCUT2D eigenvalue weighted by atomic mass is 16.3. The van der Waals surface area contributed by atoms with E-state index < -0.39 is 0 Å². The number of hydrogen-bond acceptors (Lipinski definition) is 4. The standard InChI is InChI=1S/C13H19N3O2/c14-11-1-2-12(15-8-11)7-13(18)16-5-3-10(9-16)4-6-17/h1-2,8,10,17H,3-7,9,14H2. The van der Waals surface area contributed by atoms with Crippen LogP contribution in [0.3, 0.4) is 0 Å².